The predicted octanol–water partition coefficient (Wildman–Crippen LogP) is 3.84. The SMILES string of the molecule is FC(F)(F)c1ccc(N2CCN(c3ccc(C(F)(F)F)cn3)CC2)nc1. The number of anilines is 2. The van der Waals surface area contributed by atoms with Crippen molar-refractivity contribution in [3.8, 4) is 0 Å². The van der Waals surface area contributed by atoms with Gasteiger partial charge in [0.25, 0.3) is 0 Å². The maximum atomic E-state index is 12.6. The van der Waals surface area contributed by atoms with Crippen LogP contribution in [0.15, 0.2) is 36.7 Å². The zero-order valence-corrected chi connectivity index (χ0v) is 13.3. The molecule has 10 heteroatoms. The molecule has 0 spiro atoms. The number of hydrogen-bond acceptors (Lipinski definition) is 4. The smallest absolute Gasteiger partial charge is 0.353 e. The molecule has 4 nitrogen and oxygen atoms in total. The van der Waals surface area contributed by atoms with Gasteiger partial charge in [-0.2, -0.15) is 26.3 Å². The summed E-state index contributed by atoms with van der Waals surface area (Å²) < 4.78 is 75.4. The Morgan fingerprint density at radius 1 is 0.615 bits per heavy atom. The minimum absolute atomic E-state index is 0.429. The number of aromatic nitrogens is 2. The maximum Gasteiger partial charge on any atom is 0.417 e. The zero-order chi connectivity index (χ0) is 18.9. The largest absolute Gasteiger partial charge is 0.417 e. The van der Waals surface area contributed by atoms with Crippen molar-refractivity contribution in [2.24, 2.45) is 0 Å². The second-order valence-corrected chi connectivity index (χ2v) is 5.78. The Balaban J connectivity index is 1.62. The minimum Gasteiger partial charge on any atom is -0.353 e. The lowest BCUT2D eigenvalue weighted by Crippen LogP contribution is -2.47. The highest BCUT2D eigenvalue weighted by atomic mass is 19.4. The van der Waals surface area contributed by atoms with E-state index in [1.807, 2.05) is 9.80 Å². The number of halogens is 6. The third kappa shape index (κ3) is 4.00. The summed E-state index contributed by atoms with van der Waals surface area (Å²) in [5.74, 6) is 0.857. The van der Waals surface area contributed by atoms with Crippen molar-refractivity contribution < 1.29 is 26.3 Å². The molecule has 0 bridgehead atoms. The van der Waals surface area contributed by atoms with Crippen LogP contribution in [0.25, 0.3) is 0 Å². The van der Waals surface area contributed by atoms with Crippen LogP contribution in [0.3, 0.4) is 0 Å². The molecule has 3 rings (SSSR count). The van der Waals surface area contributed by atoms with Crippen molar-refractivity contribution in [3.63, 3.8) is 0 Å². The van der Waals surface area contributed by atoms with Crippen LogP contribution in [0.5, 0.6) is 0 Å². The summed E-state index contributed by atoms with van der Waals surface area (Å²) in [4.78, 5) is 11.3. The summed E-state index contributed by atoms with van der Waals surface area (Å²) in [5, 5.41) is 0. The van der Waals surface area contributed by atoms with E-state index in [9.17, 15) is 26.3 Å². The average Bonchev–Trinajstić information content (AvgIpc) is 2.61. The van der Waals surface area contributed by atoms with Gasteiger partial charge in [0.2, 0.25) is 0 Å². The fourth-order valence-corrected chi connectivity index (χ4v) is 2.65. The molecule has 2 aromatic rings. The van der Waals surface area contributed by atoms with Crippen LogP contribution >= 0.6 is 0 Å². The normalized spacial score (nSPS) is 16.1. The first kappa shape index (κ1) is 18.3. The van der Waals surface area contributed by atoms with Gasteiger partial charge in [0.15, 0.2) is 0 Å². The van der Waals surface area contributed by atoms with Gasteiger partial charge < -0.3 is 9.80 Å². The Kier molecular flexibility index (Phi) is 4.68. The van der Waals surface area contributed by atoms with Crippen LogP contribution in [0.4, 0.5) is 38.0 Å². The highest BCUT2D eigenvalue weighted by Gasteiger charge is 2.32. The molecule has 0 N–H and O–H groups in total. The van der Waals surface area contributed by atoms with E-state index in [-0.39, 0.29) is 0 Å². The van der Waals surface area contributed by atoms with Crippen molar-refractivity contribution in [2.45, 2.75) is 12.4 Å². The third-order valence-corrected chi connectivity index (χ3v) is 4.08. The van der Waals surface area contributed by atoms with Crippen LogP contribution in [0.1, 0.15) is 11.1 Å². The standard InChI is InChI=1S/C16H14F6N4/c17-15(18,19)11-1-3-13(23-9-11)25-5-7-26(8-6-25)14-4-2-12(10-24-14)16(20,21)22/h1-4,9-10H,5-8H2. The Labute approximate surface area is 145 Å². The first-order valence-corrected chi connectivity index (χ1v) is 7.71. The van der Waals surface area contributed by atoms with E-state index in [1.165, 1.54) is 12.1 Å². The number of nitrogens with zero attached hydrogens (tertiary/aromatic N) is 4. The molecule has 26 heavy (non-hydrogen) atoms. The van der Waals surface area contributed by atoms with Crippen LogP contribution in [0, 0.1) is 0 Å². The van der Waals surface area contributed by atoms with E-state index >= 15 is 0 Å². The van der Waals surface area contributed by atoms with Crippen molar-refractivity contribution in [1.82, 2.24) is 9.97 Å². The molecule has 0 saturated carbocycles. The van der Waals surface area contributed by atoms with Crippen molar-refractivity contribution in [2.75, 3.05) is 36.0 Å². The quantitative estimate of drug-likeness (QED) is 0.746. The molecule has 0 unspecified atom stereocenters. The zero-order valence-electron chi connectivity index (χ0n) is 13.3. The van der Waals surface area contributed by atoms with E-state index in [0.717, 1.165) is 24.5 Å². The Hall–Kier alpha value is -2.52. The van der Waals surface area contributed by atoms with Gasteiger partial charge >= 0.3 is 12.4 Å². The van der Waals surface area contributed by atoms with Gasteiger partial charge in [0, 0.05) is 38.6 Å². The molecule has 1 aliphatic rings. The lowest BCUT2D eigenvalue weighted by atomic mass is 10.2. The second-order valence-electron chi connectivity index (χ2n) is 5.78. The van der Waals surface area contributed by atoms with Crippen LogP contribution in [-0.2, 0) is 12.4 Å². The molecule has 140 valence electrons. The van der Waals surface area contributed by atoms with E-state index in [0.29, 0.717) is 37.8 Å². The summed E-state index contributed by atoms with van der Waals surface area (Å²) in [5.41, 5.74) is -1.62. The second kappa shape index (κ2) is 6.65. The van der Waals surface area contributed by atoms with E-state index < -0.39 is 23.5 Å². The molecule has 3 heterocycles. The Morgan fingerprint density at radius 3 is 1.19 bits per heavy atom. The first-order valence-electron chi connectivity index (χ1n) is 7.71. The molecule has 0 radical (unpaired) electrons. The van der Waals surface area contributed by atoms with Gasteiger partial charge in [-0.3, -0.25) is 0 Å². The molecule has 0 atom stereocenters. The minimum atomic E-state index is -4.43. The molecule has 1 aliphatic heterocycles. The Morgan fingerprint density at radius 2 is 0.962 bits per heavy atom. The monoisotopic (exact) mass is 376 g/mol. The van der Waals surface area contributed by atoms with Gasteiger partial charge in [-0.25, -0.2) is 9.97 Å². The highest BCUT2D eigenvalue weighted by Crippen LogP contribution is 2.31. The Bertz CT molecular complexity index is 666. The van der Waals surface area contributed by atoms with Crippen molar-refractivity contribution in [3.05, 3.63) is 47.8 Å². The topological polar surface area (TPSA) is 32.3 Å². The summed E-state index contributed by atoms with van der Waals surface area (Å²) in [6.45, 7) is 1.89. The number of pyridine rings is 2. The molecule has 1 fully saturated rings. The van der Waals surface area contributed by atoms with E-state index in [4.69, 9.17) is 0 Å². The predicted molar refractivity (Wildman–Crippen MR) is 82.9 cm³/mol. The van der Waals surface area contributed by atoms with Crippen LogP contribution in [0.2, 0.25) is 0 Å². The fourth-order valence-electron chi connectivity index (χ4n) is 2.65. The highest BCUT2D eigenvalue weighted by molar-refractivity contribution is 5.45. The number of piperazine rings is 1. The number of rotatable bonds is 2. The molecule has 0 aliphatic carbocycles. The lowest BCUT2D eigenvalue weighted by Gasteiger charge is -2.36. The third-order valence-electron chi connectivity index (χ3n) is 4.08. The summed E-state index contributed by atoms with van der Waals surface area (Å²) in [6.07, 6.45) is -7.28. The number of hydrogen-bond donors (Lipinski definition) is 0. The van der Waals surface area contributed by atoms with Gasteiger partial charge in [-0.1, -0.05) is 0 Å². The first-order chi connectivity index (χ1) is 12.1. The summed E-state index contributed by atoms with van der Waals surface area (Å²) >= 11 is 0. The van der Waals surface area contributed by atoms with E-state index in [2.05, 4.69) is 9.97 Å². The molecular weight excluding hydrogens is 362 g/mol. The van der Waals surface area contributed by atoms with Crippen molar-refractivity contribution >= 4 is 11.6 Å². The average molecular weight is 376 g/mol. The molecular formula is C16H14F6N4. The molecule has 0 aromatic carbocycles. The van der Waals surface area contributed by atoms with Crippen LogP contribution in [-0.4, -0.2) is 36.1 Å². The van der Waals surface area contributed by atoms with Gasteiger partial charge in [0.1, 0.15) is 11.6 Å². The van der Waals surface area contributed by atoms with E-state index in [1.54, 1.807) is 0 Å². The maximum absolute atomic E-state index is 12.6. The lowest BCUT2D eigenvalue weighted by molar-refractivity contribution is -0.138. The van der Waals surface area contributed by atoms with Gasteiger partial charge in [-0.15, -0.1) is 0 Å². The molecule has 2 aromatic heterocycles. The molecule has 1 saturated heterocycles. The molecule has 0 amide bonds. The van der Waals surface area contributed by atoms with Crippen molar-refractivity contribution in [1.29, 1.82) is 0 Å². The number of alkyl halides is 6. The van der Waals surface area contributed by atoms with Gasteiger partial charge in [0.05, 0.1) is 11.1 Å². The van der Waals surface area contributed by atoms with Crippen LogP contribution < -0.4 is 9.80 Å². The van der Waals surface area contributed by atoms with Gasteiger partial charge in [-0.05, 0) is 24.3 Å². The summed E-state index contributed by atoms with van der Waals surface area (Å²) in [7, 11) is 0. The summed E-state index contributed by atoms with van der Waals surface area (Å²) in [6, 6.07) is 4.59. The fraction of sp³-hybridized carbons (Fsp3) is 0.375.